The van der Waals surface area contributed by atoms with E-state index in [0.717, 1.165) is 6.08 Å². The molecular formula is C64H76Cl4O28. The first-order chi connectivity index (χ1) is 45.6. The number of rotatable bonds is 27. The van der Waals surface area contributed by atoms with Gasteiger partial charge in [-0.1, -0.05) is 46.4 Å². The number of methoxy groups -OCH3 is 18. The second kappa shape index (κ2) is 41.1. The maximum atomic E-state index is 12.0. The number of esters is 1. The molecule has 1 aliphatic rings. The number of halogens is 4. The normalized spacial score (nSPS) is 11.7. The Kier molecular flexibility index (Phi) is 36.1. The van der Waals surface area contributed by atoms with Gasteiger partial charge in [0.05, 0.1) is 156 Å². The van der Waals surface area contributed by atoms with Crippen LogP contribution >= 0.6 is 46.4 Å². The number of allylic oxidation sites excluding steroid dienone is 3. The fourth-order valence-electron chi connectivity index (χ4n) is 8.25. The molecule has 0 bridgehead atoms. The summed E-state index contributed by atoms with van der Waals surface area (Å²) in [5.74, 6) is -0.0242. The average molecular weight is 1440 g/mol. The number of ketones is 2. The molecule has 96 heavy (non-hydrogen) atoms. The Morgan fingerprint density at radius 2 is 0.677 bits per heavy atom. The molecule has 0 atom stereocenters. The van der Waals surface area contributed by atoms with Crippen LogP contribution in [0.1, 0.15) is 59.5 Å². The van der Waals surface area contributed by atoms with Crippen molar-refractivity contribution in [2.45, 2.75) is 27.7 Å². The number of carboxylic acids is 2. The summed E-state index contributed by atoms with van der Waals surface area (Å²) in [5, 5.41) is 17.9. The van der Waals surface area contributed by atoms with Crippen LogP contribution in [-0.4, -0.2) is 187 Å². The maximum Gasteiger partial charge on any atom is 0.333 e. The Labute approximate surface area is 574 Å². The van der Waals surface area contributed by atoms with Gasteiger partial charge < -0.3 is 100 Å². The lowest BCUT2D eigenvalue weighted by atomic mass is 9.98. The predicted octanol–water partition coefficient (Wildman–Crippen LogP) is 11.1. The molecule has 0 saturated heterocycles. The van der Waals surface area contributed by atoms with Crippen molar-refractivity contribution in [2.24, 2.45) is 0 Å². The van der Waals surface area contributed by atoms with Gasteiger partial charge in [0.15, 0.2) is 58.6 Å². The van der Waals surface area contributed by atoms with Crippen molar-refractivity contribution in [3.05, 3.63) is 88.3 Å². The smallest absolute Gasteiger partial charge is 0.333 e. The molecule has 5 rings (SSSR count). The molecule has 32 heteroatoms. The first kappa shape index (κ1) is 84.2. The Bertz CT molecular complexity index is 3640. The van der Waals surface area contributed by atoms with Crippen LogP contribution in [0.5, 0.6) is 92.0 Å². The molecule has 0 fully saturated rings. The topological polar surface area (TPSA) is 335 Å². The Morgan fingerprint density at radius 3 is 0.979 bits per heavy atom. The van der Waals surface area contributed by atoms with Gasteiger partial charge in [0.25, 0.3) is 0 Å². The van der Waals surface area contributed by atoms with E-state index < -0.39 is 34.5 Å². The van der Waals surface area contributed by atoms with Gasteiger partial charge in [-0.15, -0.1) is 0 Å². The van der Waals surface area contributed by atoms with E-state index in [4.69, 9.17) is 147 Å². The molecular weight excluding hydrogens is 1360 g/mol. The summed E-state index contributed by atoms with van der Waals surface area (Å²) in [4.78, 5) is 79.4. The number of carbonyl (C=O) groups is 7. The third kappa shape index (κ3) is 19.4. The highest BCUT2D eigenvalue weighted by Gasteiger charge is 2.36. The SMILES string of the molecule is CCOC(=O)/C(C)=C/c1c(Cl)c(OC)c(OC)c(OC)c1OC.COC1=C(OC)C(=O)C(/C=C(\C)C(=O)O)=C(Cl)C1=O.COc1c(Cl)c(/C=C(\C)C(=O)O)c(OC)c(OC)c1OC.COc1c(Cl)c(C=O)c(OC)c(OC)c1OC.COc1cc(C=O)c(OC)c(OC)c1OC. The van der Waals surface area contributed by atoms with E-state index in [1.807, 2.05) is 0 Å². The minimum atomic E-state index is -1.22. The summed E-state index contributed by atoms with van der Waals surface area (Å²) in [6.45, 7) is 6.36. The summed E-state index contributed by atoms with van der Waals surface area (Å²) in [5.41, 5.74) is 1.36. The highest BCUT2D eigenvalue weighted by atomic mass is 35.5. The highest BCUT2D eigenvalue weighted by molar-refractivity contribution is 6.49. The van der Waals surface area contributed by atoms with Gasteiger partial charge in [-0.3, -0.25) is 19.2 Å². The highest BCUT2D eigenvalue weighted by Crippen LogP contribution is 2.55. The quantitative estimate of drug-likeness (QED) is 0.0242. The minimum Gasteiger partial charge on any atom is -0.493 e. The lowest BCUT2D eigenvalue weighted by Crippen LogP contribution is -2.23. The standard InChI is InChI=1S/C16H21ClO6.C14H17ClO6.C12H11ClO6.C11H13ClO5.C11H14O5/c1-7-23-16(18)9(2)8-10-11(17)13(20-4)15(22-6)14(21-5)12(10)19-3;1-7(14(16)17)6-8-9(15)11(19-3)13(21-5)12(20-4)10(8)18-2;1-5(12(16)17)4-6-7(13)9(15)11(19-3)10(18-2)8(6)14;1-14-8-6(5-13)7(12)9(15-2)11(17-4)10(8)16-3;1-13-8-5-7(6-12)9(14-2)11(16-4)10(8)15-3/h8H,7H2,1-6H3;6H,1-5H3,(H,16,17);4H,1-3H3,(H,16,17);5H,1-4H3;5-6H,1-4H3/b9-8+;7-6+;5-4+;;. The zero-order valence-corrected chi connectivity index (χ0v) is 59.7. The first-order valence-corrected chi connectivity index (χ1v) is 28.6. The lowest BCUT2D eigenvalue weighted by Gasteiger charge is -2.19. The molecule has 1 aliphatic carbocycles. The van der Waals surface area contributed by atoms with E-state index in [1.165, 1.54) is 154 Å². The van der Waals surface area contributed by atoms with Crippen molar-refractivity contribution in [1.29, 1.82) is 0 Å². The van der Waals surface area contributed by atoms with Crippen LogP contribution < -0.4 is 75.8 Å². The van der Waals surface area contributed by atoms with Gasteiger partial charge in [-0.25, -0.2) is 14.4 Å². The van der Waals surface area contributed by atoms with Gasteiger partial charge in [-0.05, 0) is 52.0 Å². The zero-order chi connectivity index (χ0) is 73.6. The number of carbonyl (C=O) groups excluding carboxylic acids is 5. The fraction of sp³-hybridized carbons (Fsp3) is 0.359. The van der Waals surface area contributed by atoms with Crippen molar-refractivity contribution in [3.8, 4) is 92.0 Å². The molecule has 4 aromatic rings. The molecule has 0 saturated carbocycles. The summed E-state index contributed by atoms with van der Waals surface area (Å²) >= 11 is 24.5. The maximum absolute atomic E-state index is 12.0. The molecule has 0 aliphatic heterocycles. The van der Waals surface area contributed by atoms with E-state index in [0.29, 0.717) is 75.1 Å². The number of hydrogen-bond donors (Lipinski definition) is 2. The summed E-state index contributed by atoms with van der Waals surface area (Å²) in [6, 6.07) is 1.53. The van der Waals surface area contributed by atoms with Crippen LogP contribution in [0.15, 0.2) is 51.0 Å². The number of ether oxygens (including phenoxy) is 19. The van der Waals surface area contributed by atoms with Crippen LogP contribution in [0.25, 0.3) is 12.2 Å². The number of aldehydes is 2. The lowest BCUT2D eigenvalue weighted by molar-refractivity contribution is -0.138. The monoisotopic (exact) mass is 1430 g/mol. The number of carboxylic acid groups (broad SMARTS) is 2. The molecule has 0 amide bonds. The largest absolute Gasteiger partial charge is 0.493 e. The molecule has 528 valence electrons. The van der Waals surface area contributed by atoms with Crippen molar-refractivity contribution in [3.63, 3.8) is 0 Å². The van der Waals surface area contributed by atoms with Gasteiger partial charge in [0.1, 0.15) is 10.1 Å². The van der Waals surface area contributed by atoms with Crippen LogP contribution in [-0.2, 0) is 38.2 Å². The minimum absolute atomic E-state index is 0.0875. The van der Waals surface area contributed by atoms with Crippen LogP contribution in [0.2, 0.25) is 15.1 Å². The Morgan fingerprint density at radius 1 is 0.375 bits per heavy atom. The van der Waals surface area contributed by atoms with Crippen LogP contribution in [0.4, 0.5) is 0 Å². The third-order valence-corrected chi connectivity index (χ3v) is 14.2. The average Bonchev–Trinajstić information content (AvgIpc) is 0.814. The number of Topliss-reactive ketones (excluding diaryl/α,β-unsaturated/α-hetero) is 2. The molecule has 4 aromatic carbocycles. The Hall–Kier alpha value is -9.77. The molecule has 0 radical (unpaired) electrons. The van der Waals surface area contributed by atoms with Crippen molar-refractivity contribution < 1.29 is 134 Å². The van der Waals surface area contributed by atoms with Crippen molar-refractivity contribution >= 4 is 101 Å². The molecule has 0 aromatic heterocycles. The number of benzene rings is 4. The molecule has 2 N–H and O–H groups in total. The van der Waals surface area contributed by atoms with Crippen LogP contribution in [0, 0.1) is 0 Å². The fourth-order valence-corrected chi connectivity index (χ4v) is 9.38. The molecule has 0 unspecified atom stereocenters. The third-order valence-electron chi connectivity index (χ3n) is 12.7. The van der Waals surface area contributed by atoms with Crippen molar-refractivity contribution in [1.82, 2.24) is 0 Å². The van der Waals surface area contributed by atoms with E-state index >= 15 is 0 Å². The number of aliphatic carboxylic acids is 2. The van der Waals surface area contributed by atoms with Crippen molar-refractivity contribution in [2.75, 3.05) is 135 Å². The van der Waals surface area contributed by atoms with E-state index in [2.05, 4.69) is 0 Å². The van der Waals surface area contributed by atoms with E-state index in [9.17, 15) is 33.6 Å². The van der Waals surface area contributed by atoms with E-state index in [1.54, 1.807) is 19.9 Å². The van der Waals surface area contributed by atoms with Crippen LogP contribution in [0.3, 0.4) is 0 Å². The van der Waals surface area contributed by atoms with Gasteiger partial charge >= 0.3 is 17.9 Å². The van der Waals surface area contributed by atoms with Gasteiger partial charge in [0.2, 0.25) is 69.1 Å². The number of hydrogen-bond acceptors (Lipinski definition) is 26. The second-order valence-corrected chi connectivity index (χ2v) is 19.4. The van der Waals surface area contributed by atoms with Gasteiger partial charge in [0, 0.05) is 33.4 Å². The molecule has 0 spiro atoms. The predicted molar refractivity (Wildman–Crippen MR) is 353 cm³/mol. The summed E-state index contributed by atoms with van der Waals surface area (Å²) in [6.07, 6.45) is 5.21. The first-order valence-electron chi connectivity index (χ1n) is 27.1. The summed E-state index contributed by atoms with van der Waals surface area (Å²) < 4.78 is 97.9. The second-order valence-electron chi connectivity index (χ2n) is 17.9. The van der Waals surface area contributed by atoms with E-state index in [-0.39, 0.29) is 107 Å². The van der Waals surface area contributed by atoms with Gasteiger partial charge in [-0.2, -0.15) is 0 Å². The molecule has 28 nitrogen and oxygen atoms in total. The summed E-state index contributed by atoms with van der Waals surface area (Å²) in [7, 11) is 25.6. The zero-order valence-electron chi connectivity index (χ0n) is 56.7. The Balaban J connectivity index is 0.000000603. The molecule has 0 heterocycles.